The number of carbonyl (C=O) groups is 1. The topological polar surface area (TPSA) is 102 Å². The van der Waals surface area contributed by atoms with E-state index in [0.29, 0.717) is 24.3 Å². The molecule has 8 nitrogen and oxygen atoms in total. The molecule has 1 aliphatic rings. The molecule has 4 rings (SSSR count). The standard InChI is InChI=1S/C25H26FN3O5S/c1-17-24(23(34-28-17)13-12-18-7-3-4-11-22(18)26)35(31,32)29-14-6-8-19(16-29)25(30)27-20-9-5-10-21(15-20)33-2/h3-5,7,9-13,15,19H,6,8,14,16H2,1-2H3,(H,27,30)/b13-12+/t19-/m1/s1. The van der Waals surface area contributed by atoms with Gasteiger partial charge in [-0.3, -0.25) is 4.79 Å². The van der Waals surface area contributed by atoms with Gasteiger partial charge in [0.15, 0.2) is 10.7 Å². The average molecular weight is 500 g/mol. The van der Waals surface area contributed by atoms with Crippen molar-refractivity contribution in [3.05, 3.63) is 71.4 Å². The highest BCUT2D eigenvalue weighted by atomic mass is 32.2. The van der Waals surface area contributed by atoms with Crippen LogP contribution in [0.1, 0.15) is 29.9 Å². The van der Waals surface area contributed by atoms with Gasteiger partial charge in [-0.15, -0.1) is 0 Å². The normalized spacial score (nSPS) is 16.9. The molecule has 10 heteroatoms. The molecule has 1 aromatic heterocycles. The average Bonchev–Trinajstić information content (AvgIpc) is 3.24. The molecule has 35 heavy (non-hydrogen) atoms. The third-order valence-electron chi connectivity index (χ3n) is 5.84. The SMILES string of the molecule is COc1cccc(NC(=O)[C@@H]2CCCN(S(=O)(=O)c3c(C)noc3/C=C/c3ccccc3F)C2)c1. The number of halogens is 1. The van der Waals surface area contributed by atoms with Crippen LogP contribution in [0.2, 0.25) is 0 Å². The Kier molecular flexibility index (Phi) is 7.32. The van der Waals surface area contributed by atoms with E-state index >= 15 is 0 Å². The molecule has 1 saturated heterocycles. The largest absolute Gasteiger partial charge is 0.497 e. The Morgan fingerprint density at radius 3 is 2.80 bits per heavy atom. The predicted molar refractivity (Wildman–Crippen MR) is 130 cm³/mol. The second kappa shape index (κ2) is 10.4. The maximum absolute atomic E-state index is 14.0. The Labute approximate surface area is 203 Å². The number of methoxy groups -OCH3 is 1. The summed E-state index contributed by atoms with van der Waals surface area (Å²) in [7, 11) is -2.47. The predicted octanol–water partition coefficient (Wildman–Crippen LogP) is 4.34. The molecular weight excluding hydrogens is 473 g/mol. The van der Waals surface area contributed by atoms with Crippen molar-refractivity contribution in [2.24, 2.45) is 5.92 Å². The maximum atomic E-state index is 14.0. The number of nitrogens with zero attached hydrogens (tertiary/aromatic N) is 2. The van der Waals surface area contributed by atoms with E-state index in [1.165, 1.54) is 36.6 Å². The van der Waals surface area contributed by atoms with Crippen molar-refractivity contribution in [3.63, 3.8) is 0 Å². The third kappa shape index (κ3) is 5.44. The Bertz CT molecular complexity index is 1350. The number of hydrogen-bond donors (Lipinski definition) is 1. The van der Waals surface area contributed by atoms with Crippen LogP contribution in [0.5, 0.6) is 5.75 Å². The number of piperidine rings is 1. The van der Waals surface area contributed by atoms with E-state index in [-0.39, 0.29) is 40.9 Å². The van der Waals surface area contributed by atoms with Gasteiger partial charge in [-0.2, -0.15) is 4.31 Å². The van der Waals surface area contributed by atoms with Crippen molar-refractivity contribution in [1.29, 1.82) is 0 Å². The number of rotatable bonds is 7. The zero-order chi connectivity index (χ0) is 25.0. The summed E-state index contributed by atoms with van der Waals surface area (Å²) in [5, 5.41) is 6.66. The second-order valence-corrected chi connectivity index (χ2v) is 10.1. The van der Waals surface area contributed by atoms with Crippen molar-refractivity contribution in [3.8, 4) is 5.75 Å². The lowest BCUT2D eigenvalue weighted by atomic mass is 9.98. The highest BCUT2D eigenvalue weighted by Gasteiger charge is 2.37. The van der Waals surface area contributed by atoms with Gasteiger partial charge in [0.25, 0.3) is 0 Å². The summed E-state index contributed by atoms with van der Waals surface area (Å²) in [4.78, 5) is 12.8. The summed E-state index contributed by atoms with van der Waals surface area (Å²) in [6.07, 6.45) is 3.92. The molecule has 0 unspecified atom stereocenters. The van der Waals surface area contributed by atoms with Gasteiger partial charge in [-0.05, 0) is 50.1 Å². The van der Waals surface area contributed by atoms with Crippen LogP contribution < -0.4 is 10.1 Å². The van der Waals surface area contributed by atoms with Gasteiger partial charge in [0.1, 0.15) is 17.3 Å². The molecule has 2 heterocycles. The van der Waals surface area contributed by atoms with Gasteiger partial charge in [0.2, 0.25) is 15.9 Å². The van der Waals surface area contributed by atoms with Crippen LogP contribution in [0.15, 0.2) is 57.9 Å². The number of sulfonamides is 1. The van der Waals surface area contributed by atoms with Crippen molar-refractivity contribution in [2.75, 3.05) is 25.5 Å². The van der Waals surface area contributed by atoms with Gasteiger partial charge < -0.3 is 14.6 Å². The number of ether oxygens (including phenoxy) is 1. The van der Waals surface area contributed by atoms with Gasteiger partial charge in [-0.25, -0.2) is 12.8 Å². The first kappa shape index (κ1) is 24.6. The summed E-state index contributed by atoms with van der Waals surface area (Å²) < 4.78 is 52.8. The van der Waals surface area contributed by atoms with Gasteiger partial charge in [0, 0.05) is 30.4 Å². The van der Waals surface area contributed by atoms with Gasteiger partial charge in [0.05, 0.1) is 13.0 Å². The zero-order valence-corrected chi connectivity index (χ0v) is 20.2. The molecule has 3 aromatic rings. The summed E-state index contributed by atoms with van der Waals surface area (Å²) in [6, 6.07) is 13.1. The summed E-state index contributed by atoms with van der Waals surface area (Å²) in [5.41, 5.74) is 1.06. The Morgan fingerprint density at radius 1 is 1.23 bits per heavy atom. The highest BCUT2D eigenvalue weighted by Crippen LogP contribution is 2.30. The lowest BCUT2D eigenvalue weighted by Crippen LogP contribution is -2.43. The summed E-state index contributed by atoms with van der Waals surface area (Å²) in [5.74, 6) is -0.615. The van der Waals surface area contributed by atoms with E-state index in [4.69, 9.17) is 9.26 Å². The van der Waals surface area contributed by atoms with E-state index in [1.807, 2.05) is 0 Å². The first-order valence-corrected chi connectivity index (χ1v) is 12.6. The van der Waals surface area contributed by atoms with Gasteiger partial charge in [-0.1, -0.05) is 29.4 Å². The van der Waals surface area contributed by atoms with Crippen LogP contribution in [-0.2, 0) is 14.8 Å². The Hall–Kier alpha value is -3.50. The minimum Gasteiger partial charge on any atom is -0.497 e. The first-order valence-electron chi connectivity index (χ1n) is 11.1. The van der Waals surface area contributed by atoms with E-state index in [1.54, 1.807) is 42.5 Å². The molecule has 0 radical (unpaired) electrons. The van der Waals surface area contributed by atoms with E-state index < -0.39 is 21.8 Å². The number of amides is 1. The fourth-order valence-corrected chi connectivity index (χ4v) is 5.80. The lowest BCUT2D eigenvalue weighted by Gasteiger charge is -2.31. The molecule has 0 bridgehead atoms. The molecule has 1 aliphatic heterocycles. The molecule has 1 N–H and O–H groups in total. The molecule has 0 aliphatic carbocycles. The Balaban J connectivity index is 1.53. The number of nitrogens with one attached hydrogen (secondary N) is 1. The fraction of sp³-hybridized carbons (Fsp3) is 0.280. The number of aromatic nitrogens is 1. The van der Waals surface area contributed by atoms with Crippen molar-refractivity contribution in [2.45, 2.75) is 24.7 Å². The molecule has 1 atom stereocenters. The fourth-order valence-electron chi connectivity index (χ4n) is 4.02. The van der Waals surface area contributed by atoms with Crippen LogP contribution in [0, 0.1) is 18.7 Å². The monoisotopic (exact) mass is 499 g/mol. The first-order chi connectivity index (χ1) is 16.8. The quantitative estimate of drug-likeness (QED) is 0.519. The molecule has 2 aromatic carbocycles. The number of anilines is 1. The molecule has 1 amide bonds. The molecule has 0 spiro atoms. The molecule has 184 valence electrons. The number of carbonyl (C=O) groups excluding carboxylic acids is 1. The van der Waals surface area contributed by atoms with E-state index in [2.05, 4.69) is 10.5 Å². The van der Waals surface area contributed by atoms with Gasteiger partial charge >= 0.3 is 0 Å². The number of hydrogen-bond acceptors (Lipinski definition) is 6. The van der Waals surface area contributed by atoms with Crippen LogP contribution in [-0.4, -0.2) is 44.0 Å². The van der Waals surface area contributed by atoms with Crippen molar-refractivity contribution in [1.82, 2.24) is 9.46 Å². The molecule has 1 fully saturated rings. The molecular formula is C25H26FN3O5S. The lowest BCUT2D eigenvalue weighted by molar-refractivity contribution is -0.120. The minimum atomic E-state index is -4.01. The van der Waals surface area contributed by atoms with Crippen LogP contribution in [0.4, 0.5) is 10.1 Å². The van der Waals surface area contributed by atoms with Crippen LogP contribution in [0.3, 0.4) is 0 Å². The minimum absolute atomic E-state index is 0.00806. The molecule has 0 saturated carbocycles. The summed E-state index contributed by atoms with van der Waals surface area (Å²) in [6.45, 7) is 1.83. The van der Waals surface area contributed by atoms with Crippen LogP contribution >= 0.6 is 0 Å². The van der Waals surface area contributed by atoms with Crippen molar-refractivity contribution >= 4 is 33.8 Å². The third-order valence-corrected chi connectivity index (χ3v) is 7.87. The highest BCUT2D eigenvalue weighted by molar-refractivity contribution is 7.89. The van der Waals surface area contributed by atoms with E-state index in [9.17, 15) is 17.6 Å². The second-order valence-electron chi connectivity index (χ2n) is 8.24. The van der Waals surface area contributed by atoms with Crippen LogP contribution in [0.25, 0.3) is 12.2 Å². The summed E-state index contributed by atoms with van der Waals surface area (Å²) >= 11 is 0. The van der Waals surface area contributed by atoms with Crippen molar-refractivity contribution < 1.29 is 26.9 Å². The maximum Gasteiger partial charge on any atom is 0.248 e. The van der Waals surface area contributed by atoms with E-state index in [0.717, 1.165) is 0 Å². The Morgan fingerprint density at radius 2 is 2.03 bits per heavy atom. The zero-order valence-electron chi connectivity index (χ0n) is 19.4. The smallest absolute Gasteiger partial charge is 0.248 e. The number of benzene rings is 2. The number of aryl methyl sites for hydroxylation is 1.